The fourth-order valence-corrected chi connectivity index (χ4v) is 3.80. The molecular weight excluding hydrogens is 312 g/mol. The zero-order valence-corrected chi connectivity index (χ0v) is 16.1. The minimum absolute atomic E-state index is 0.109. The summed E-state index contributed by atoms with van der Waals surface area (Å²) in [6, 6.07) is 8.20. The molecule has 1 aromatic rings. The third kappa shape index (κ3) is 5.46. The first-order chi connectivity index (χ1) is 12.1. The van der Waals surface area contributed by atoms with E-state index in [0.29, 0.717) is 6.42 Å². The molecule has 0 aliphatic carbocycles. The zero-order valence-electron chi connectivity index (χ0n) is 16.1. The number of anilines is 1. The van der Waals surface area contributed by atoms with Gasteiger partial charge in [-0.05, 0) is 63.8 Å². The van der Waals surface area contributed by atoms with Crippen LogP contribution in [0.4, 0.5) is 5.69 Å². The molecule has 0 spiro atoms. The van der Waals surface area contributed by atoms with Gasteiger partial charge in [0.25, 0.3) is 5.91 Å². The standard InChI is InChI=1S/C21H34N2O2/c1-4-14-22(5-2)19-12-10-18(11-13-19)21(25)23-15-8-6-7-9-20(23)16-17(3)24/h10-13,17,20,24H,4-9,14-16H2,1-3H3/t17-,20+/m0/s1. The van der Waals surface area contributed by atoms with Crippen molar-refractivity contribution in [3.63, 3.8) is 0 Å². The summed E-state index contributed by atoms with van der Waals surface area (Å²) in [5, 5.41) is 9.80. The molecular formula is C21H34N2O2. The molecule has 1 aromatic carbocycles. The Hall–Kier alpha value is -1.55. The van der Waals surface area contributed by atoms with Gasteiger partial charge in [0.15, 0.2) is 0 Å². The van der Waals surface area contributed by atoms with Gasteiger partial charge in [-0.1, -0.05) is 19.8 Å². The van der Waals surface area contributed by atoms with E-state index in [2.05, 4.69) is 30.9 Å². The molecule has 4 heteroatoms. The van der Waals surface area contributed by atoms with E-state index in [1.54, 1.807) is 0 Å². The Morgan fingerprint density at radius 3 is 2.56 bits per heavy atom. The van der Waals surface area contributed by atoms with Crippen LogP contribution in [0.3, 0.4) is 0 Å². The highest BCUT2D eigenvalue weighted by Crippen LogP contribution is 2.24. The summed E-state index contributed by atoms with van der Waals surface area (Å²) >= 11 is 0. The maximum Gasteiger partial charge on any atom is 0.254 e. The van der Waals surface area contributed by atoms with Crippen molar-refractivity contribution in [1.82, 2.24) is 4.90 Å². The van der Waals surface area contributed by atoms with Crippen LogP contribution in [0.2, 0.25) is 0 Å². The van der Waals surface area contributed by atoms with Crippen LogP contribution < -0.4 is 4.90 Å². The number of likely N-dealkylation sites (tertiary alicyclic amines) is 1. The van der Waals surface area contributed by atoms with Gasteiger partial charge in [0.1, 0.15) is 0 Å². The molecule has 25 heavy (non-hydrogen) atoms. The third-order valence-corrected chi connectivity index (χ3v) is 5.11. The lowest BCUT2D eigenvalue weighted by Crippen LogP contribution is -2.41. The molecule has 0 bridgehead atoms. The molecule has 1 aliphatic rings. The molecule has 1 heterocycles. The number of aliphatic hydroxyl groups excluding tert-OH is 1. The average molecular weight is 347 g/mol. The van der Waals surface area contributed by atoms with Gasteiger partial charge in [-0.25, -0.2) is 0 Å². The van der Waals surface area contributed by atoms with Crippen LogP contribution in [-0.4, -0.2) is 47.7 Å². The minimum atomic E-state index is -0.368. The Labute approximate surface area is 152 Å². The lowest BCUT2D eigenvalue weighted by Gasteiger charge is -2.31. The first-order valence-electron chi connectivity index (χ1n) is 9.90. The van der Waals surface area contributed by atoms with Gasteiger partial charge in [0.2, 0.25) is 0 Å². The van der Waals surface area contributed by atoms with E-state index in [4.69, 9.17) is 0 Å². The second-order valence-electron chi connectivity index (χ2n) is 7.21. The molecule has 2 rings (SSSR count). The van der Waals surface area contributed by atoms with Crippen molar-refractivity contribution in [2.75, 3.05) is 24.5 Å². The Morgan fingerprint density at radius 1 is 1.24 bits per heavy atom. The molecule has 1 N–H and O–H groups in total. The van der Waals surface area contributed by atoms with Crippen molar-refractivity contribution in [3.8, 4) is 0 Å². The second-order valence-corrected chi connectivity index (χ2v) is 7.21. The number of carbonyl (C=O) groups excluding carboxylic acids is 1. The SMILES string of the molecule is CCCN(CC)c1ccc(C(=O)N2CCCCC[C@@H]2C[C@H](C)O)cc1. The van der Waals surface area contributed by atoms with Crippen molar-refractivity contribution < 1.29 is 9.90 Å². The van der Waals surface area contributed by atoms with E-state index >= 15 is 0 Å². The molecule has 140 valence electrons. The van der Waals surface area contributed by atoms with Crippen molar-refractivity contribution in [1.29, 1.82) is 0 Å². The number of hydrogen-bond donors (Lipinski definition) is 1. The van der Waals surface area contributed by atoms with Crippen molar-refractivity contribution in [2.24, 2.45) is 0 Å². The highest BCUT2D eigenvalue weighted by atomic mass is 16.3. The van der Waals surface area contributed by atoms with Crippen LogP contribution in [0.1, 0.15) is 69.7 Å². The van der Waals surface area contributed by atoms with Crippen molar-refractivity contribution in [3.05, 3.63) is 29.8 Å². The molecule has 0 saturated carbocycles. The quantitative estimate of drug-likeness (QED) is 0.809. The number of carbonyl (C=O) groups is 1. The first kappa shape index (κ1) is 19.8. The fourth-order valence-electron chi connectivity index (χ4n) is 3.80. The number of benzene rings is 1. The Balaban J connectivity index is 2.14. The molecule has 4 nitrogen and oxygen atoms in total. The minimum Gasteiger partial charge on any atom is -0.393 e. The molecule has 0 unspecified atom stereocenters. The van der Waals surface area contributed by atoms with Gasteiger partial charge in [0, 0.05) is 36.9 Å². The molecule has 1 saturated heterocycles. The zero-order chi connectivity index (χ0) is 18.2. The van der Waals surface area contributed by atoms with E-state index in [-0.39, 0.29) is 18.1 Å². The van der Waals surface area contributed by atoms with Gasteiger partial charge < -0.3 is 14.9 Å². The maximum atomic E-state index is 13.1. The highest BCUT2D eigenvalue weighted by molar-refractivity contribution is 5.94. The van der Waals surface area contributed by atoms with Crippen LogP contribution in [0.25, 0.3) is 0 Å². The van der Waals surface area contributed by atoms with Gasteiger partial charge in [-0.15, -0.1) is 0 Å². The lowest BCUT2D eigenvalue weighted by atomic mass is 10.0. The summed E-state index contributed by atoms with van der Waals surface area (Å²) in [7, 11) is 0. The van der Waals surface area contributed by atoms with Gasteiger partial charge in [0.05, 0.1) is 6.10 Å². The smallest absolute Gasteiger partial charge is 0.254 e. The van der Waals surface area contributed by atoms with Crippen LogP contribution in [-0.2, 0) is 0 Å². The Kier molecular flexibility index (Phi) is 7.76. The van der Waals surface area contributed by atoms with Crippen molar-refractivity contribution in [2.45, 2.75) is 71.4 Å². The molecule has 1 aliphatic heterocycles. The van der Waals surface area contributed by atoms with E-state index < -0.39 is 0 Å². The van der Waals surface area contributed by atoms with Crippen LogP contribution in [0.5, 0.6) is 0 Å². The monoisotopic (exact) mass is 346 g/mol. The number of hydrogen-bond acceptors (Lipinski definition) is 3. The number of nitrogens with zero attached hydrogens (tertiary/aromatic N) is 2. The van der Waals surface area contributed by atoms with E-state index in [1.807, 2.05) is 24.0 Å². The number of aliphatic hydroxyl groups is 1. The summed E-state index contributed by atoms with van der Waals surface area (Å²) < 4.78 is 0. The Morgan fingerprint density at radius 2 is 1.96 bits per heavy atom. The van der Waals surface area contributed by atoms with Crippen LogP contribution in [0.15, 0.2) is 24.3 Å². The molecule has 0 aromatic heterocycles. The van der Waals surface area contributed by atoms with Crippen molar-refractivity contribution >= 4 is 11.6 Å². The fraction of sp³-hybridized carbons (Fsp3) is 0.667. The summed E-state index contributed by atoms with van der Waals surface area (Å²) in [6.45, 7) is 8.97. The van der Waals surface area contributed by atoms with Crippen LogP contribution >= 0.6 is 0 Å². The normalized spacial score (nSPS) is 19.4. The van der Waals surface area contributed by atoms with Crippen LogP contribution in [0, 0.1) is 0 Å². The predicted molar refractivity (Wildman–Crippen MR) is 104 cm³/mol. The second kappa shape index (κ2) is 9.81. The third-order valence-electron chi connectivity index (χ3n) is 5.11. The van der Waals surface area contributed by atoms with Gasteiger partial charge in [-0.3, -0.25) is 4.79 Å². The summed E-state index contributed by atoms with van der Waals surface area (Å²) in [5.74, 6) is 0.109. The van der Waals surface area contributed by atoms with Gasteiger partial charge >= 0.3 is 0 Å². The molecule has 0 radical (unpaired) electrons. The number of amides is 1. The first-order valence-corrected chi connectivity index (χ1v) is 9.90. The van der Waals surface area contributed by atoms with E-state index in [9.17, 15) is 9.90 Å². The van der Waals surface area contributed by atoms with E-state index in [0.717, 1.165) is 50.9 Å². The molecule has 1 fully saturated rings. The topological polar surface area (TPSA) is 43.8 Å². The summed E-state index contributed by atoms with van der Waals surface area (Å²) in [4.78, 5) is 17.4. The lowest BCUT2D eigenvalue weighted by molar-refractivity contribution is 0.0607. The van der Waals surface area contributed by atoms with E-state index in [1.165, 1.54) is 12.1 Å². The maximum absolute atomic E-state index is 13.1. The highest BCUT2D eigenvalue weighted by Gasteiger charge is 2.27. The van der Waals surface area contributed by atoms with Gasteiger partial charge in [-0.2, -0.15) is 0 Å². The summed E-state index contributed by atoms with van der Waals surface area (Å²) in [5.41, 5.74) is 1.94. The Bertz CT molecular complexity index is 527. The molecule has 1 amide bonds. The summed E-state index contributed by atoms with van der Waals surface area (Å²) in [6.07, 6.45) is 5.78. The predicted octanol–water partition coefficient (Wildman–Crippen LogP) is 4.08. The average Bonchev–Trinajstić information content (AvgIpc) is 2.84. The molecule has 2 atom stereocenters. The largest absolute Gasteiger partial charge is 0.393 e. The number of rotatable bonds is 7.